The standard InChI is InChI=1S/C25H30N2O4/c1-17-5-8-19(9-6-17)26-23(28)15-27-13-12-25(29)11-3-2-4-20(25)24(27)18-7-10-21-22(14-18)31-16-30-21/h5-10,14,20,24,29H,2-4,11-13,15-16H2,1H3,(H,26,28)/t20-,24+,25-/m1/s1. The summed E-state index contributed by atoms with van der Waals surface area (Å²) < 4.78 is 11.1. The molecule has 164 valence electrons. The van der Waals surface area contributed by atoms with Crippen LogP contribution in [0.1, 0.15) is 49.3 Å². The molecule has 3 atom stereocenters. The average Bonchev–Trinajstić information content (AvgIpc) is 3.23. The highest BCUT2D eigenvalue weighted by molar-refractivity contribution is 5.92. The number of carbonyl (C=O) groups is 1. The van der Waals surface area contributed by atoms with Crippen molar-refractivity contribution >= 4 is 11.6 Å². The van der Waals surface area contributed by atoms with Gasteiger partial charge in [0.1, 0.15) is 0 Å². The molecule has 1 aliphatic carbocycles. The molecule has 1 saturated heterocycles. The number of rotatable bonds is 4. The van der Waals surface area contributed by atoms with Crippen molar-refractivity contribution in [1.82, 2.24) is 4.90 Å². The van der Waals surface area contributed by atoms with Crippen molar-refractivity contribution in [2.45, 2.75) is 50.7 Å². The van der Waals surface area contributed by atoms with Gasteiger partial charge < -0.3 is 19.9 Å². The average molecular weight is 423 g/mol. The Morgan fingerprint density at radius 2 is 1.94 bits per heavy atom. The predicted molar refractivity (Wildman–Crippen MR) is 118 cm³/mol. The zero-order valence-corrected chi connectivity index (χ0v) is 18.0. The van der Waals surface area contributed by atoms with E-state index in [0.717, 1.165) is 54.0 Å². The number of hydrogen-bond donors (Lipinski definition) is 2. The van der Waals surface area contributed by atoms with Crippen molar-refractivity contribution in [1.29, 1.82) is 0 Å². The van der Waals surface area contributed by atoms with Crippen molar-refractivity contribution in [2.75, 3.05) is 25.2 Å². The van der Waals surface area contributed by atoms with Gasteiger partial charge in [-0.2, -0.15) is 0 Å². The number of likely N-dealkylation sites (tertiary alicyclic amines) is 1. The Morgan fingerprint density at radius 1 is 1.13 bits per heavy atom. The summed E-state index contributed by atoms with van der Waals surface area (Å²) in [7, 11) is 0. The molecule has 2 heterocycles. The van der Waals surface area contributed by atoms with Crippen molar-refractivity contribution in [3.8, 4) is 11.5 Å². The van der Waals surface area contributed by atoms with Crippen LogP contribution in [0.4, 0.5) is 5.69 Å². The van der Waals surface area contributed by atoms with Crippen LogP contribution in [0.5, 0.6) is 11.5 Å². The van der Waals surface area contributed by atoms with Gasteiger partial charge in [0.15, 0.2) is 11.5 Å². The van der Waals surface area contributed by atoms with Crippen LogP contribution in [0.2, 0.25) is 0 Å². The van der Waals surface area contributed by atoms with Gasteiger partial charge in [-0.3, -0.25) is 9.69 Å². The first-order valence-corrected chi connectivity index (χ1v) is 11.2. The van der Waals surface area contributed by atoms with E-state index >= 15 is 0 Å². The Balaban J connectivity index is 1.40. The van der Waals surface area contributed by atoms with E-state index in [0.29, 0.717) is 19.5 Å². The molecule has 6 heteroatoms. The number of aryl methyl sites for hydroxylation is 1. The summed E-state index contributed by atoms with van der Waals surface area (Å²) >= 11 is 0. The number of fused-ring (bicyclic) bond motifs is 2. The molecule has 6 nitrogen and oxygen atoms in total. The largest absolute Gasteiger partial charge is 0.454 e. The minimum Gasteiger partial charge on any atom is -0.454 e. The van der Waals surface area contributed by atoms with Gasteiger partial charge in [-0.05, 0) is 56.0 Å². The highest BCUT2D eigenvalue weighted by Crippen LogP contribution is 2.50. The minimum absolute atomic E-state index is 0.0303. The first-order valence-electron chi connectivity index (χ1n) is 11.2. The molecule has 1 amide bonds. The highest BCUT2D eigenvalue weighted by atomic mass is 16.7. The number of piperidine rings is 1. The number of anilines is 1. The van der Waals surface area contributed by atoms with Gasteiger partial charge in [-0.25, -0.2) is 0 Å². The molecule has 2 fully saturated rings. The summed E-state index contributed by atoms with van der Waals surface area (Å²) in [4.78, 5) is 15.1. The van der Waals surface area contributed by atoms with Crippen LogP contribution in [-0.2, 0) is 4.79 Å². The van der Waals surface area contributed by atoms with E-state index in [2.05, 4.69) is 16.3 Å². The van der Waals surface area contributed by atoms with Crippen LogP contribution in [0, 0.1) is 12.8 Å². The van der Waals surface area contributed by atoms with Crippen LogP contribution in [0.3, 0.4) is 0 Å². The third kappa shape index (κ3) is 4.02. The first kappa shape index (κ1) is 20.3. The summed E-state index contributed by atoms with van der Waals surface area (Å²) in [5, 5.41) is 14.5. The molecule has 2 aromatic rings. The van der Waals surface area contributed by atoms with Crippen molar-refractivity contribution in [3.63, 3.8) is 0 Å². The molecule has 0 bridgehead atoms. The lowest BCUT2D eigenvalue weighted by atomic mass is 9.66. The van der Waals surface area contributed by atoms with Gasteiger partial charge in [0.05, 0.1) is 12.1 Å². The Bertz CT molecular complexity index is 960. The SMILES string of the molecule is Cc1ccc(NC(=O)CN2CC[C@]3(O)CCCC[C@@H]3[C@@H]2c2ccc3c(c2)OCO3)cc1. The number of ether oxygens (including phenoxy) is 2. The van der Waals surface area contributed by atoms with E-state index in [-0.39, 0.29) is 24.7 Å². The maximum Gasteiger partial charge on any atom is 0.238 e. The molecule has 3 aliphatic rings. The molecule has 2 aliphatic heterocycles. The van der Waals surface area contributed by atoms with Crippen molar-refractivity contribution < 1.29 is 19.4 Å². The smallest absolute Gasteiger partial charge is 0.238 e. The second kappa shape index (κ2) is 8.17. The van der Waals surface area contributed by atoms with Gasteiger partial charge in [0.2, 0.25) is 12.7 Å². The number of carbonyl (C=O) groups excluding carboxylic acids is 1. The van der Waals surface area contributed by atoms with Gasteiger partial charge in [0.25, 0.3) is 0 Å². The van der Waals surface area contributed by atoms with Crippen molar-refractivity contribution in [2.24, 2.45) is 5.92 Å². The fraction of sp³-hybridized carbons (Fsp3) is 0.480. The van der Waals surface area contributed by atoms with Crippen LogP contribution in [0.25, 0.3) is 0 Å². The second-order valence-electron chi connectivity index (χ2n) is 9.15. The first-order chi connectivity index (χ1) is 15.0. The Morgan fingerprint density at radius 3 is 2.77 bits per heavy atom. The number of aliphatic hydroxyl groups is 1. The van der Waals surface area contributed by atoms with E-state index in [1.807, 2.05) is 43.3 Å². The second-order valence-corrected chi connectivity index (χ2v) is 9.15. The maximum absolute atomic E-state index is 12.9. The summed E-state index contributed by atoms with van der Waals surface area (Å²) in [5.41, 5.74) is 2.38. The lowest BCUT2D eigenvalue weighted by Gasteiger charge is -2.52. The monoisotopic (exact) mass is 422 g/mol. The van der Waals surface area contributed by atoms with Gasteiger partial charge in [0, 0.05) is 24.2 Å². The molecular weight excluding hydrogens is 392 g/mol. The molecule has 0 radical (unpaired) electrons. The summed E-state index contributed by atoms with van der Waals surface area (Å²) in [6, 6.07) is 13.8. The van der Waals surface area contributed by atoms with Crippen LogP contribution < -0.4 is 14.8 Å². The number of benzene rings is 2. The van der Waals surface area contributed by atoms with E-state index in [1.54, 1.807) is 0 Å². The topological polar surface area (TPSA) is 71.0 Å². The van der Waals surface area contributed by atoms with Crippen molar-refractivity contribution in [3.05, 3.63) is 53.6 Å². The molecule has 31 heavy (non-hydrogen) atoms. The van der Waals surface area contributed by atoms with Gasteiger partial charge in [-0.15, -0.1) is 0 Å². The highest BCUT2D eigenvalue weighted by Gasteiger charge is 2.49. The third-order valence-corrected chi connectivity index (χ3v) is 7.09. The molecule has 0 aromatic heterocycles. The van der Waals surface area contributed by atoms with Crippen LogP contribution >= 0.6 is 0 Å². The number of nitrogens with one attached hydrogen (secondary N) is 1. The Labute approximate surface area is 183 Å². The number of hydrogen-bond acceptors (Lipinski definition) is 5. The summed E-state index contributed by atoms with van der Waals surface area (Å²) in [6.45, 7) is 3.24. The molecule has 0 spiro atoms. The van der Waals surface area contributed by atoms with E-state index in [1.165, 1.54) is 0 Å². The number of nitrogens with zero attached hydrogens (tertiary/aromatic N) is 1. The Kier molecular flexibility index (Phi) is 5.36. The summed E-state index contributed by atoms with van der Waals surface area (Å²) in [6.07, 6.45) is 4.68. The lowest BCUT2D eigenvalue weighted by molar-refractivity contribution is -0.135. The minimum atomic E-state index is -0.663. The van der Waals surface area contributed by atoms with Crippen LogP contribution in [0.15, 0.2) is 42.5 Å². The van der Waals surface area contributed by atoms with Gasteiger partial charge in [-0.1, -0.05) is 36.6 Å². The molecule has 5 rings (SSSR count). The predicted octanol–water partition coefficient (Wildman–Crippen LogP) is 4.03. The van der Waals surface area contributed by atoms with Gasteiger partial charge >= 0.3 is 0 Å². The third-order valence-electron chi connectivity index (χ3n) is 7.09. The maximum atomic E-state index is 12.9. The lowest BCUT2D eigenvalue weighted by Crippen LogP contribution is -2.56. The van der Waals surface area contributed by atoms with Crippen LogP contribution in [-0.4, -0.2) is 41.4 Å². The zero-order valence-electron chi connectivity index (χ0n) is 18.0. The molecule has 2 N–H and O–H groups in total. The molecule has 0 unspecified atom stereocenters. The van der Waals surface area contributed by atoms with E-state index in [4.69, 9.17) is 9.47 Å². The fourth-order valence-corrected chi connectivity index (χ4v) is 5.48. The zero-order chi connectivity index (χ0) is 21.4. The molecular formula is C25H30N2O4. The fourth-order valence-electron chi connectivity index (χ4n) is 5.48. The Hall–Kier alpha value is -2.57. The quantitative estimate of drug-likeness (QED) is 0.779. The van der Waals surface area contributed by atoms with E-state index < -0.39 is 5.60 Å². The number of amides is 1. The molecule has 2 aromatic carbocycles. The normalized spacial score (nSPS) is 27.5. The van der Waals surface area contributed by atoms with E-state index in [9.17, 15) is 9.90 Å². The molecule has 1 saturated carbocycles. The summed E-state index contributed by atoms with van der Waals surface area (Å²) in [5.74, 6) is 1.56.